The molecule has 2 aromatic heterocycles. The van der Waals surface area contributed by atoms with Gasteiger partial charge >= 0.3 is 5.63 Å². The van der Waals surface area contributed by atoms with Crippen molar-refractivity contribution in [2.24, 2.45) is 7.05 Å². The van der Waals surface area contributed by atoms with E-state index >= 15 is 0 Å². The van der Waals surface area contributed by atoms with Gasteiger partial charge in [-0.3, -0.25) is 0 Å². The Labute approximate surface area is 189 Å². The van der Waals surface area contributed by atoms with E-state index in [-0.39, 0.29) is 4.90 Å². The minimum absolute atomic E-state index is 0.135. The molecule has 0 amide bonds. The second-order valence-corrected chi connectivity index (χ2v) is 10.0. The van der Waals surface area contributed by atoms with E-state index in [1.807, 2.05) is 30.3 Å². The molecule has 160 valence electrons. The maximum absolute atomic E-state index is 13.9. The maximum Gasteiger partial charge on any atom is 0.360 e. The van der Waals surface area contributed by atoms with Gasteiger partial charge in [0.15, 0.2) is 9.84 Å². The Hall–Kier alpha value is -3.35. The van der Waals surface area contributed by atoms with Gasteiger partial charge < -0.3 is 8.98 Å². The normalized spacial score (nSPS) is 12.9. The van der Waals surface area contributed by atoms with Gasteiger partial charge in [-0.05, 0) is 35.9 Å². The number of aromatic nitrogens is 1. The van der Waals surface area contributed by atoms with Crippen molar-refractivity contribution in [3.8, 4) is 0 Å². The third-order valence-corrected chi connectivity index (χ3v) is 8.05. The molecule has 0 radical (unpaired) electrons. The highest BCUT2D eigenvalue weighted by atomic mass is 35.5. The molecule has 1 atom stereocenters. The summed E-state index contributed by atoms with van der Waals surface area (Å²) < 4.78 is 35.0. The molecule has 0 saturated carbocycles. The van der Waals surface area contributed by atoms with Crippen molar-refractivity contribution in [3.05, 3.63) is 112 Å². The van der Waals surface area contributed by atoms with Crippen molar-refractivity contribution in [2.45, 2.75) is 10.1 Å². The number of benzene rings is 3. The van der Waals surface area contributed by atoms with Gasteiger partial charge in [0.25, 0.3) is 0 Å². The molecule has 0 fully saturated rings. The first-order valence-corrected chi connectivity index (χ1v) is 11.9. The van der Waals surface area contributed by atoms with Crippen molar-refractivity contribution in [2.75, 3.05) is 0 Å². The molecule has 2 heterocycles. The third kappa shape index (κ3) is 3.15. The van der Waals surface area contributed by atoms with E-state index in [0.29, 0.717) is 27.1 Å². The Morgan fingerprint density at radius 3 is 2.28 bits per heavy atom. The Morgan fingerprint density at radius 2 is 1.56 bits per heavy atom. The Balaban J connectivity index is 1.90. The molecule has 0 aliphatic carbocycles. The summed E-state index contributed by atoms with van der Waals surface area (Å²) in [6, 6.07) is 22.5. The van der Waals surface area contributed by atoms with Crippen LogP contribution in [0, 0.1) is 0 Å². The highest BCUT2D eigenvalue weighted by Crippen LogP contribution is 2.40. The lowest BCUT2D eigenvalue weighted by molar-refractivity contribution is 0.509. The van der Waals surface area contributed by atoms with Gasteiger partial charge in [0.05, 0.1) is 4.90 Å². The molecule has 0 saturated heterocycles. The van der Waals surface area contributed by atoms with Crippen LogP contribution in [-0.4, -0.2) is 13.0 Å². The second-order valence-electron chi connectivity index (χ2n) is 7.57. The molecule has 5 aromatic rings. The summed E-state index contributed by atoms with van der Waals surface area (Å²) in [6.07, 6.45) is 1.28. The molecular formula is C25H18ClNO4S. The lowest BCUT2D eigenvalue weighted by Crippen LogP contribution is -2.17. The Kier molecular flexibility index (Phi) is 4.92. The molecule has 5 nitrogen and oxygen atoms in total. The summed E-state index contributed by atoms with van der Waals surface area (Å²) >= 11 is 5.99. The molecule has 3 aromatic carbocycles. The van der Waals surface area contributed by atoms with Gasteiger partial charge in [-0.25, -0.2) is 13.2 Å². The van der Waals surface area contributed by atoms with Crippen LogP contribution in [0.5, 0.6) is 0 Å². The molecule has 0 bridgehead atoms. The number of sulfone groups is 1. The summed E-state index contributed by atoms with van der Waals surface area (Å²) in [5.41, 5.74) is 1.62. The van der Waals surface area contributed by atoms with Crippen LogP contribution in [0.4, 0.5) is 0 Å². The molecule has 5 rings (SSSR count). The highest BCUT2D eigenvalue weighted by Gasteiger charge is 2.34. The van der Waals surface area contributed by atoms with E-state index in [1.54, 1.807) is 48.0 Å². The lowest BCUT2D eigenvalue weighted by Gasteiger charge is -2.19. The van der Waals surface area contributed by atoms with E-state index in [2.05, 4.69) is 0 Å². The summed E-state index contributed by atoms with van der Waals surface area (Å²) in [4.78, 5) is 12.8. The maximum atomic E-state index is 13.9. The van der Waals surface area contributed by atoms with Crippen LogP contribution >= 0.6 is 11.6 Å². The van der Waals surface area contributed by atoms with E-state index in [4.69, 9.17) is 16.0 Å². The van der Waals surface area contributed by atoms with Crippen LogP contribution in [0.3, 0.4) is 0 Å². The summed E-state index contributed by atoms with van der Waals surface area (Å²) in [5, 5.41) is 0.732. The van der Waals surface area contributed by atoms with Gasteiger partial charge in [-0.1, -0.05) is 60.1 Å². The fourth-order valence-electron chi connectivity index (χ4n) is 4.26. The topological polar surface area (TPSA) is 69.3 Å². The number of hydrogen-bond donors (Lipinski definition) is 0. The van der Waals surface area contributed by atoms with E-state index in [0.717, 1.165) is 10.9 Å². The van der Waals surface area contributed by atoms with Crippen LogP contribution in [0.1, 0.15) is 16.4 Å². The van der Waals surface area contributed by atoms with Crippen molar-refractivity contribution in [3.63, 3.8) is 0 Å². The number of nitrogens with zero attached hydrogens (tertiary/aromatic N) is 1. The second kappa shape index (κ2) is 7.65. The van der Waals surface area contributed by atoms with Crippen molar-refractivity contribution >= 4 is 43.2 Å². The third-order valence-electron chi connectivity index (χ3n) is 5.72. The Bertz CT molecular complexity index is 1620. The summed E-state index contributed by atoms with van der Waals surface area (Å²) in [6.45, 7) is 0. The van der Waals surface area contributed by atoms with Gasteiger partial charge in [0.2, 0.25) is 0 Å². The zero-order valence-electron chi connectivity index (χ0n) is 17.0. The SMILES string of the molecule is Cn1c2ccccc2c2c(C(c3ccccc3)S(=O)(=O)c3ccc(Cl)cc3)coc(=O)c21. The fourth-order valence-corrected chi connectivity index (χ4v) is 6.20. The van der Waals surface area contributed by atoms with Gasteiger partial charge in [-0.15, -0.1) is 0 Å². The molecule has 1 unspecified atom stereocenters. The van der Waals surface area contributed by atoms with Crippen LogP contribution < -0.4 is 5.63 Å². The van der Waals surface area contributed by atoms with Crippen LogP contribution in [0.15, 0.2) is 99.2 Å². The lowest BCUT2D eigenvalue weighted by atomic mass is 10.0. The van der Waals surface area contributed by atoms with Crippen LogP contribution in [0.2, 0.25) is 5.02 Å². The van der Waals surface area contributed by atoms with Gasteiger partial charge in [-0.2, -0.15) is 0 Å². The van der Waals surface area contributed by atoms with Crippen molar-refractivity contribution < 1.29 is 12.8 Å². The van der Waals surface area contributed by atoms with Crippen LogP contribution in [-0.2, 0) is 16.9 Å². The standard InChI is InChI=1S/C25H18ClNO4S/c1-27-21-10-6-5-9-19(21)22-20(15-31-25(28)23(22)27)24(16-7-3-2-4-8-16)32(29,30)18-13-11-17(26)12-14-18/h2-15,24H,1H3. The fraction of sp³-hybridized carbons (Fsp3) is 0.0800. The molecule has 0 N–H and O–H groups in total. The smallest absolute Gasteiger partial charge is 0.360 e. The number of hydrogen-bond acceptors (Lipinski definition) is 4. The number of para-hydroxylation sites is 1. The zero-order valence-corrected chi connectivity index (χ0v) is 18.6. The molecule has 0 aliphatic heterocycles. The van der Waals surface area contributed by atoms with E-state index in [1.165, 1.54) is 18.4 Å². The van der Waals surface area contributed by atoms with E-state index < -0.39 is 20.7 Å². The zero-order chi connectivity index (χ0) is 22.5. The highest BCUT2D eigenvalue weighted by molar-refractivity contribution is 7.92. The average Bonchev–Trinajstić information content (AvgIpc) is 3.10. The molecule has 0 spiro atoms. The predicted molar refractivity (Wildman–Crippen MR) is 126 cm³/mol. The summed E-state index contributed by atoms with van der Waals surface area (Å²) in [5.74, 6) is 0. The molecule has 32 heavy (non-hydrogen) atoms. The first-order chi connectivity index (χ1) is 15.4. The quantitative estimate of drug-likeness (QED) is 0.353. The van der Waals surface area contributed by atoms with Crippen LogP contribution in [0.25, 0.3) is 21.8 Å². The summed E-state index contributed by atoms with van der Waals surface area (Å²) in [7, 11) is -2.14. The average molecular weight is 464 g/mol. The van der Waals surface area contributed by atoms with E-state index in [9.17, 15) is 13.2 Å². The van der Waals surface area contributed by atoms with Crippen molar-refractivity contribution in [1.82, 2.24) is 4.57 Å². The number of aryl methyl sites for hydroxylation is 1. The Morgan fingerprint density at radius 1 is 0.906 bits per heavy atom. The largest absolute Gasteiger partial charge is 0.429 e. The van der Waals surface area contributed by atoms with Gasteiger partial charge in [0.1, 0.15) is 17.0 Å². The first-order valence-electron chi connectivity index (χ1n) is 9.93. The number of rotatable bonds is 4. The van der Waals surface area contributed by atoms with Crippen molar-refractivity contribution in [1.29, 1.82) is 0 Å². The number of halogens is 1. The predicted octanol–water partition coefficient (Wildman–Crippen LogP) is 5.50. The van der Waals surface area contributed by atoms with Gasteiger partial charge in [0, 0.05) is 33.9 Å². The molecule has 0 aliphatic rings. The first kappa shape index (κ1) is 20.5. The molecule has 7 heteroatoms. The minimum atomic E-state index is -3.92. The monoisotopic (exact) mass is 463 g/mol. The molecular weight excluding hydrogens is 446 g/mol. The number of fused-ring (bicyclic) bond motifs is 3. The minimum Gasteiger partial charge on any atom is -0.429 e.